The Balaban J connectivity index is 2.00. The highest BCUT2D eigenvalue weighted by molar-refractivity contribution is 5.86. The van der Waals surface area contributed by atoms with Crippen molar-refractivity contribution in [2.45, 2.75) is 77.8 Å². The predicted molar refractivity (Wildman–Crippen MR) is 173 cm³/mol. The van der Waals surface area contributed by atoms with Crippen LogP contribution in [0.15, 0.2) is 29.1 Å². The Hall–Kier alpha value is -4.28. The van der Waals surface area contributed by atoms with Crippen molar-refractivity contribution in [2.24, 2.45) is 5.92 Å². The van der Waals surface area contributed by atoms with Gasteiger partial charge in [-0.15, -0.1) is 0 Å². The third-order valence-corrected chi connectivity index (χ3v) is 7.85. The molecule has 3 rings (SSSR count). The zero-order valence-electron chi connectivity index (χ0n) is 27.5. The standard InChI is InChI=1S/C34H47N3O8/c1-20(2)17-27(34(41)35-16-10-8-9-11-30(40)43-5)37-26-15-13-23-24(19-28(26)39)25(36-21(3)38)14-12-22-18-29(42-4)32(44-6)33(45-7)31(22)23/h13,15,18-20,25,27H,8-12,14,16-17H2,1-7H3,(H,35,41)(H,36,38)(H,37,39). The van der Waals surface area contributed by atoms with Gasteiger partial charge in [0.25, 0.3) is 0 Å². The third-order valence-electron chi connectivity index (χ3n) is 7.85. The van der Waals surface area contributed by atoms with Crippen LogP contribution in [0.25, 0.3) is 11.1 Å². The highest BCUT2D eigenvalue weighted by atomic mass is 16.5. The van der Waals surface area contributed by atoms with Crippen molar-refractivity contribution in [3.8, 4) is 28.4 Å². The van der Waals surface area contributed by atoms with Gasteiger partial charge in [0.15, 0.2) is 11.5 Å². The zero-order valence-corrected chi connectivity index (χ0v) is 27.5. The molecule has 2 aromatic carbocycles. The van der Waals surface area contributed by atoms with Crippen LogP contribution in [0.2, 0.25) is 0 Å². The minimum atomic E-state index is -0.646. The Bertz CT molecular complexity index is 1430. The number of nitrogens with one attached hydrogen (secondary N) is 3. The van der Waals surface area contributed by atoms with E-state index in [1.165, 1.54) is 27.2 Å². The molecule has 0 radical (unpaired) electrons. The molecule has 45 heavy (non-hydrogen) atoms. The summed E-state index contributed by atoms with van der Waals surface area (Å²) >= 11 is 0. The lowest BCUT2D eigenvalue weighted by molar-refractivity contribution is -0.140. The first-order valence-electron chi connectivity index (χ1n) is 15.4. The van der Waals surface area contributed by atoms with Gasteiger partial charge in [-0.25, -0.2) is 0 Å². The fourth-order valence-electron chi connectivity index (χ4n) is 5.73. The molecule has 11 heteroatoms. The van der Waals surface area contributed by atoms with Crippen LogP contribution in [0.4, 0.5) is 5.69 Å². The topological polar surface area (TPSA) is 141 Å². The van der Waals surface area contributed by atoms with E-state index in [0.717, 1.165) is 24.0 Å². The highest BCUT2D eigenvalue weighted by Gasteiger charge is 2.30. The van der Waals surface area contributed by atoms with E-state index in [2.05, 4.69) is 20.7 Å². The first-order chi connectivity index (χ1) is 21.5. The maximum Gasteiger partial charge on any atom is 0.305 e. The Morgan fingerprint density at radius 2 is 1.69 bits per heavy atom. The van der Waals surface area contributed by atoms with Crippen molar-refractivity contribution in [1.29, 1.82) is 0 Å². The number of ether oxygens (including phenoxy) is 4. The number of amides is 2. The summed E-state index contributed by atoms with van der Waals surface area (Å²) in [7, 11) is 6.02. The molecule has 0 bridgehead atoms. The minimum Gasteiger partial charge on any atom is -0.493 e. The molecular formula is C34H47N3O8. The van der Waals surface area contributed by atoms with Gasteiger partial charge < -0.3 is 34.9 Å². The summed E-state index contributed by atoms with van der Waals surface area (Å²) in [5.74, 6) is 0.930. The molecule has 1 aliphatic carbocycles. The van der Waals surface area contributed by atoms with Gasteiger partial charge in [-0.3, -0.25) is 19.2 Å². The van der Waals surface area contributed by atoms with Gasteiger partial charge in [0.2, 0.25) is 23.0 Å². The molecule has 246 valence electrons. The second-order valence-corrected chi connectivity index (χ2v) is 11.6. The summed E-state index contributed by atoms with van der Waals surface area (Å²) in [6.45, 7) is 5.94. The molecule has 2 aromatic rings. The molecule has 11 nitrogen and oxygen atoms in total. The summed E-state index contributed by atoms with van der Waals surface area (Å²) in [6.07, 6.45) is 4.18. The molecule has 2 amide bonds. The predicted octanol–water partition coefficient (Wildman–Crippen LogP) is 4.54. The van der Waals surface area contributed by atoms with Crippen molar-refractivity contribution in [1.82, 2.24) is 10.6 Å². The number of anilines is 1. The van der Waals surface area contributed by atoms with Crippen LogP contribution in [0, 0.1) is 5.92 Å². The van der Waals surface area contributed by atoms with E-state index in [-0.39, 0.29) is 34.8 Å². The number of benzene rings is 1. The Kier molecular flexibility index (Phi) is 13.1. The number of hydrogen-bond donors (Lipinski definition) is 3. The average Bonchev–Trinajstić information content (AvgIpc) is 3.25. The molecule has 1 aliphatic rings. The molecule has 0 aliphatic heterocycles. The van der Waals surface area contributed by atoms with Crippen LogP contribution in [-0.4, -0.2) is 58.8 Å². The van der Waals surface area contributed by atoms with E-state index in [9.17, 15) is 19.2 Å². The number of aryl methyl sites for hydroxylation is 1. The molecular weight excluding hydrogens is 578 g/mol. The molecule has 0 aromatic heterocycles. The van der Waals surface area contributed by atoms with Crippen LogP contribution in [0.5, 0.6) is 17.2 Å². The first kappa shape index (κ1) is 35.2. The molecule has 0 heterocycles. The summed E-state index contributed by atoms with van der Waals surface area (Å²) in [4.78, 5) is 50.6. The quantitative estimate of drug-likeness (QED) is 0.192. The van der Waals surface area contributed by atoms with E-state index in [1.807, 2.05) is 26.0 Å². The van der Waals surface area contributed by atoms with Crippen LogP contribution >= 0.6 is 0 Å². The minimum absolute atomic E-state index is 0.181. The summed E-state index contributed by atoms with van der Waals surface area (Å²) in [5, 5.41) is 9.19. The fourth-order valence-corrected chi connectivity index (χ4v) is 5.73. The normalized spacial score (nSPS) is 14.3. The SMILES string of the molecule is COC(=O)CCCCCNC(=O)C(CC(C)C)Nc1ccc2c(cc1=O)C(NC(C)=O)CCc1cc(OC)c(OC)c(OC)c1-2. The van der Waals surface area contributed by atoms with E-state index in [0.29, 0.717) is 67.0 Å². The van der Waals surface area contributed by atoms with Crippen LogP contribution < -0.4 is 35.6 Å². The number of unbranched alkanes of at least 4 members (excludes halogenated alkanes) is 2. The molecule has 0 saturated heterocycles. The second-order valence-electron chi connectivity index (χ2n) is 11.6. The van der Waals surface area contributed by atoms with Gasteiger partial charge in [-0.05, 0) is 72.9 Å². The Morgan fingerprint density at radius 3 is 2.31 bits per heavy atom. The fraction of sp³-hybridized carbons (Fsp3) is 0.529. The number of esters is 1. The zero-order chi connectivity index (χ0) is 33.1. The smallest absolute Gasteiger partial charge is 0.305 e. The maximum atomic E-state index is 13.8. The lowest BCUT2D eigenvalue weighted by atomic mass is 9.95. The number of fused-ring (bicyclic) bond motifs is 3. The molecule has 0 saturated carbocycles. The Labute approximate surface area is 265 Å². The summed E-state index contributed by atoms with van der Waals surface area (Å²) in [6, 6.07) is 5.87. The van der Waals surface area contributed by atoms with Crippen molar-refractivity contribution in [3.63, 3.8) is 0 Å². The van der Waals surface area contributed by atoms with Gasteiger partial charge in [-0.1, -0.05) is 26.3 Å². The molecule has 3 N–H and O–H groups in total. The summed E-state index contributed by atoms with van der Waals surface area (Å²) < 4.78 is 21.8. The average molecular weight is 626 g/mol. The number of carbonyl (C=O) groups excluding carboxylic acids is 3. The number of carbonyl (C=O) groups is 3. The lowest BCUT2D eigenvalue weighted by Crippen LogP contribution is -2.41. The highest BCUT2D eigenvalue weighted by Crippen LogP contribution is 2.50. The van der Waals surface area contributed by atoms with Crippen molar-refractivity contribution in [2.75, 3.05) is 40.3 Å². The van der Waals surface area contributed by atoms with E-state index < -0.39 is 12.1 Å². The second kappa shape index (κ2) is 16.7. The van der Waals surface area contributed by atoms with Gasteiger partial charge in [-0.2, -0.15) is 0 Å². The Morgan fingerprint density at radius 1 is 0.956 bits per heavy atom. The monoisotopic (exact) mass is 625 g/mol. The van der Waals surface area contributed by atoms with Gasteiger partial charge in [0.05, 0.1) is 40.2 Å². The van der Waals surface area contributed by atoms with E-state index >= 15 is 0 Å². The number of rotatable bonds is 15. The van der Waals surface area contributed by atoms with E-state index in [4.69, 9.17) is 14.2 Å². The first-order valence-corrected chi connectivity index (χ1v) is 15.4. The number of methoxy groups -OCH3 is 4. The molecule has 0 fully saturated rings. The van der Waals surface area contributed by atoms with Crippen LogP contribution in [-0.2, 0) is 25.5 Å². The van der Waals surface area contributed by atoms with Gasteiger partial charge in [0.1, 0.15) is 6.04 Å². The number of hydrogen-bond acceptors (Lipinski definition) is 9. The summed E-state index contributed by atoms with van der Waals surface area (Å²) in [5.41, 5.74) is 2.99. The van der Waals surface area contributed by atoms with Gasteiger partial charge in [0, 0.05) is 25.5 Å². The molecule has 2 atom stereocenters. The molecule has 2 unspecified atom stereocenters. The van der Waals surface area contributed by atoms with Crippen LogP contribution in [0.3, 0.4) is 0 Å². The van der Waals surface area contributed by atoms with E-state index in [1.54, 1.807) is 20.3 Å². The van der Waals surface area contributed by atoms with Gasteiger partial charge >= 0.3 is 5.97 Å². The third kappa shape index (κ3) is 9.12. The van der Waals surface area contributed by atoms with Crippen LogP contribution in [0.1, 0.15) is 76.5 Å². The largest absolute Gasteiger partial charge is 0.493 e. The van der Waals surface area contributed by atoms with Crippen molar-refractivity contribution >= 4 is 23.5 Å². The van der Waals surface area contributed by atoms with Crippen molar-refractivity contribution < 1.29 is 33.3 Å². The molecule has 0 spiro atoms. The lowest BCUT2D eigenvalue weighted by Gasteiger charge is -2.20. The van der Waals surface area contributed by atoms with Crippen molar-refractivity contribution in [3.05, 3.63) is 45.6 Å². The maximum absolute atomic E-state index is 13.8.